The van der Waals surface area contributed by atoms with Crippen molar-refractivity contribution in [3.63, 3.8) is 0 Å². The number of piperidine rings is 1. The number of halogens is 3. The van der Waals surface area contributed by atoms with Crippen LogP contribution in [0.3, 0.4) is 0 Å². The third-order valence-corrected chi connectivity index (χ3v) is 5.16. The summed E-state index contributed by atoms with van der Waals surface area (Å²) in [6.45, 7) is 4.25. The molecular weight excluding hydrogens is 355 g/mol. The van der Waals surface area contributed by atoms with Gasteiger partial charge in [0.25, 0.3) is 0 Å². The fraction of sp³-hybridized carbons (Fsp3) is 0.625. The molecule has 3 rings (SSSR count). The summed E-state index contributed by atoms with van der Waals surface area (Å²) >= 11 is 3.51. The molecule has 1 N–H and O–H groups in total. The lowest BCUT2D eigenvalue weighted by Gasteiger charge is -2.32. The molecule has 1 aliphatic heterocycles. The molecule has 1 heterocycles. The van der Waals surface area contributed by atoms with Crippen molar-refractivity contribution < 1.29 is 4.39 Å². The second-order valence-electron chi connectivity index (χ2n) is 6.14. The molecule has 2 aliphatic rings. The number of nitrogens with one attached hydrogen (secondary N) is 1. The van der Waals surface area contributed by atoms with E-state index in [1.165, 1.54) is 38.3 Å². The molecular formula is C16H23BrClFN2. The Hall–Kier alpha value is -0.160. The van der Waals surface area contributed by atoms with Gasteiger partial charge in [0.2, 0.25) is 0 Å². The fourth-order valence-electron chi connectivity index (χ4n) is 2.86. The smallest absolute Gasteiger partial charge is 0.123 e. The molecule has 0 amide bonds. The third-order valence-electron chi connectivity index (χ3n) is 4.38. The van der Waals surface area contributed by atoms with E-state index in [1.807, 2.05) is 0 Å². The van der Waals surface area contributed by atoms with Gasteiger partial charge in [-0.2, -0.15) is 0 Å². The van der Waals surface area contributed by atoms with E-state index in [4.69, 9.17) is 0 Å². The van der Waals surface area contributed by atoms with Gasteiger partial charge in [0, 0.05) is 17.1 Å². The highest BCUT2D eigenvalue weighted by Crippen LogP contribution is 2.28. The lowest BCUT2D eigenvalue weighted by molar-refractivity contribution is 0.189. The highest BCUT2D eigenvalue weighted by molar-refractivity contribution is 9.10. The van der Waals surface area contributed by atoms with E-state index in [-0.39, 0.29) is 18.2 Å². The molecule has 5 heteroatoms. The van der Waals surface area contributed by atoms with Gasteiger partial charge in [-0.25, -0.2) is 4.39 Å². The van der Waals surface area contributed by atoms with Crippen molar-refractivity contribution in [2.24, 2.45) is 5.92 Å². The Balaban J connectivity index is 0.00000161. The van der Waals surface area contributed by atoms with Crippen LogP contribution in [-0.4, -0.2) is 30.6 Å². The summed E-state index contributed by atoms with van der Waals surface area (Å²) in [6.07, 6.45) is 5.25. The molecule has 0 aromatic heterocycles. The monoisotopic (exact) mass is 376 g/mol. The molecule has 1 aliphatic carbocycles. The first-order valence-corrected chi connectivity index (χ1v) is 8.39. The molecule has 118 valence electrons. The number of hydrogen-bond acceptors (Lipinski definition) is 2. The highest BCUT2D eigenvalue weighted by atomic mass is 79.9. The molecule has 1 saturated carbocycles. The van der Waals surface area contributed by atoms with Gasteiger partial charge in [0.05, 0.1) is 0 Å². The van der Waals surface area contributed by atoms with E-state index in [1.54, 1.807) is 12.1 Å². The van der Waals surface area contributed by atoms with Crippen LogP contribution in [0.1, 0.15) is 31.2 Å². The van der Waals surface area contributed by atoms with Crippen LogP contribution in [0.25, 0.3) is 0 Å². The maximum Gasteiger partial charge on any atom is 0.123 e. The molecule has 0 spiro atoms. The predicted octanol–water partition coefficient (Wildman–Crippen LogP) is 3.97. The average Bonchev–Trinajstić information content (AvgIpc) is 3.26. The summed E-state index contributed by atoms with van der Waals surface area (Å²) in [5.74, 6) is 0.806. The Labute approximate surface area is 141 Å². The topological polar surface area (TPSA) is 15.3 Å². The molecule has 0 unspecified atom stereocenters. The Bertz CT molecular complexity index is 460. The minimum Gasteiger partial charge on any atom is -0.314 e. The summed E-state index contributed by atoms with van der Waals surface area (Å²) in [5.41, 5.74) is 1.05. The van der Waals surface area contributed by atoms with Gasteiger partial charge >= 0.3 is 0 Å². The first kappa shape index (κ1) is 17.2. The van der Waals surface area contributed by atoms with Crippen molar-refractivity contribution in [2.45, 2.75) is 38.3 Å². The second-order valence-corrected chi connectivity index (χ2v) is 6.99. The van der Waals surface area contributed by atoms with Crippen LogP contribution in [0, 0.1) is 11.7 Å². The molecule has 0 radical (unpaired) electrons. The number of benzene rings is 1. The van der Waals surface area contributed by atoms with Crippen molar-refractivity contribution in [1.82, 2.24) is 10.2 Å². The molecule has 2 nitrogen and oxygen atoms in total. The largest absolute Gasteiger partial charge is 0.314 e. The maximum atomic E-state index is 13.3. The minimum absolute atomic E-state index is 0. The van der Waals surface area contributed by atoms with Crippen LogP contribution in [0.4, 0.5) is 4.39 Å². The zero-order chi connectivity index (χ0) is 13.9. The standard InChI is InChI=1S/C16H22BrFN2.ClH/c17-16-4-3-14(18)9-13(16)11-20-7-5-15(6-8-20)19-10-12-1-2-12;/h3-4,9,12,15,19H,1-2,5-8,10-11H2;1H. The van der Waals surface area contributed by atoms with Gasteiger partial charge in [-0.05, 0) is 75.0 Å². The molecule has 21 heavy (non-hydrogen) atoms. The van der Waals surface area contributed by atoms with Crippen LogP contribution in [0.5, 0.6) is 0 Å². The predicted molar refractivity (Wildman–Crippen MR) is 90.4 cm³/mol. The quantitative estimate of drug-likeness (QED) is 0.835. The van der Waals surface area contributed by atoms with Gasteiger partial charge in [0.1, 0.15) is 5.82 Å². The van der Waals surface area contributed by atoms with Crippen LogP contribution in [0.15, 0.2) is 22.7 Å². The van der Waals surface area contributed by atoms with E-state index in [0.717, 1.165) is 35.6 Å². The van der Waals surface area contributed by atoms with Crippen LogP contribution in [-0.2, 0) is 6.54 Å². The van der Waals surface area contributed by atoms with Crippen molar-refractivity contribution in [3.05, 3.63) is 34.1 Å². The summed E-state index contributed by atoms with van der Waals surface area (Å²) in [4.78, 5) is 2.43. The Morgan fingerprint density at radius 1 is 1.19 bits per heavy atom. The van der Waals surface area contributed by atoms with Crippen LogP contribution >= 0.6 is 28.3 Å². The Morgan fingerprint density at radius 3 is 2.57 bits per heavy atom. The lowest BCUT2D eigenvalue weighted by atomic mass is 10.0. The number of rotatable bonds is 5. The number of hydrogen-bond donors (Lipinski definition) is 1. The van der Waals surface area contributed by atoms with E-state index >= 15 is 0 Å². The second kappa shape index (κ2) is 7.91. The lowest BCUT2D eigenvalue weighted by Crippen LogP contribution is -2.42. The van der Waals surface area contributed by atoms with E-state index in [2.05, 4.69) is 26.1 Å². The highest BCUT2D eigenvalue weighted by Gasteiger charge is 2.24. The Morgan fingerprint density at radius 2 is 1.90 bits per heavy atom. The van der Waals surface area contributed by atoms with Gasteiger partial charge < -0.3 is 5.32 Å². The zero-order valence-electron chi connectivity index (χ0n) is 12.2. The molecule has 1 aromatic rings. The van der Waals surface area contributed by atoms with Gasteiger partial charge in [0.15, 0.2) is 0 Å². The van der Waals surface area contributed by atoms with Gasteiger partial charge in [-0.15, -0.1) is 12.4 Å². The van der Waals surface area contributed by atoms with Crippen molar-refractivity contribution in [3.8, 4) is 0 Å². The third kappa shape index (κ3) is 5.20. The number of likely N-dealkylation sites (tertiary alicyclic amines) is 1. The average molecular weight is 378 g/mol. The fourth-order valence-corrected chi connectivity index (χ4v) is 3.23. The van der Waals surface area contributed by atoms with Crippen molar-refractivity contribution in [1.29, 1.82) is 0 Å². The number of nitrogens with zero attached hydrogens (tertiary/aromatic N) is 1. The van der Waals surface area contributed by atoms with E-state index in [9.17, 15) is 4.39 Å². The van der Waals surface area contributed by atoms with Crippen LogP contribution < -0.4 is 5.32 Å². The van der Waals surface area contributed by atoms with Gasteiger partial charge in [-0.3, -0.25) is 4.90 Å². The van der Waals surface area contributed by atoms with E-state index in [0.29, 0.717) is 6.04 Å². The summed E-state index contributed by atoms with van der Waals surface area (Å²) in [5, 5.41) is 3.69. The molecule has 2 fully saturated rings. The molecule has 1 aromatic carbocycles. The van der Waals surface area contributed by atoms with Crippen LogP contribution in [0.2, 0.25) is 0 Å². The first-order valence-electron chi connectivity index (χ1n) is 7.60. The molecule has 0 bridgehead atoms. The van der Waals surface area contributed by atoms with E-state index < -0.39 is 0 Å². The Kier molecular flexibility index (Phi) is 6.48. The zero-order valence-corrected chi connectivity index (χ0v) is 14.6. The maximum absolute atomic E-state index is 13.3. The summed E-state index contributed by atoms with van der Waals surface area (Å²) < 4.78 is 14.3. The van der Waals surface area contributed by atoms with Crippen molar-refractivity contribution in [2.75, 3.05) is 19.6 Å². The van der Waals surface area contributed by atoms with Crippen molar-refractivity contribution >= 4 is 28.3 Å². The SMILES string of the molecule is Cl.Fc1ccc(Br)c(CN2CCC(NCC3CC3)CC2)c1. The summed E-state index contributed by atoms with van der Waals surface area (Å²) in [6, 6.07) is 5.63. The van der Waals surface area contributed by atoms with Gasteiger partial charge in [-0.1, -0.05) is 15.9 Å². The minimum atomic E-state index is -0.149. The molecule has 1 saturated heterocycles. The first-order chi connectivity index (χ1) is 9.70. The molecule has 0 atom stereocenters. The summed E-state index contributed by atoms with van der Waals surface area (Å²) in [7, 11) is 0. The normalized spacial score (nSPS) is 20.3.